The molecule has 0 bridgehead atoms. The van der Waals surface area contributed by atoms with Gasteiger partial charge in [-0.1, -0.05) is 118 Å². The van der Waals surface area contributed by atoms with E-state index in [-0.39, 0.29) is 11.0 Å². The zero-order valence-corrected chi connectivity index (χ0v) is 25.7. The molecule has 3 heteroatoms. The number of fused-ring (bicyclic) bond motifs is 8. The van der Waals surface area contributed by atoms with Gasteiger partial charge in [0, 0.05) is 5.57 Å². The molecule has 44 heavy (non-hydrogen) atoms. The lowest BCUT2D eigenvalue weighted by Crippen LogP contribution is -2.41. The molecule has 5 aromatic carbocycles. The third-order valence-electron chi connectivity index (χ3n) is 9.35. The molecule has 0 amide bonds. The molecular formula is C41H33N3. The standard InChI is InChI=1S/C41H33N3/c1-26-22-29(40(3,4)5)23-27(2)39(26)44-36-20-12-10-18-34(36)41(35-19-11-13-21-37(35)44)32-16-8-6-14-30(32)38(28(24-42)25-43)31-15-7-9-17-33(31)41/h6-23H,1-5H3. The molecule has 0 N–H and O–H groups in total. The van der Waals surface area contributed by atoms with Crippen molar-refractivity contribution in [3.05, 3.63) is 165 Å². The summed E-state index contributed by atoms with van der Waals surface area (Å²) in [5.41, 5.74) is 13.8. The number of nitrogens with zero attached hydrogens (tertiary/aromatic N) is 3. The van der Waals surface area contributed by atoms with Crippen molar-refractivity contribution in [1.82, 2.24) is 0 Å². The van der Waals surface area contributed by atoms with Crippen molar-refractivity contribution >= 4 is 22.6 Å². The molecule has 1 aliphatic heterocycles. The van der Waals surface area contributed by atoms with Gasteiger partial charge in [0.05, 0.1) is 22.5 Å². The van der Waals surface area contributed by atoms with Crippen LogP contribution in [-0.2, 0) is 10.8 Å². The Kier molecular flexibility index (Phi) is 6.14. The van der Waals surface area contributed by atoms with Gasteiger partial charge in [0.15, 0.2) is 0 Å². The Balaban J connectivity index is 1.64. The summed E-state index contributed by atoms with van der Waals surface area (Å²) in [6.07, 6.45) is 0. The molecule has 0 fully saturated rings. The fourth-order valence-corrected chi connectivity index (χ4v) is 7.56. The maximum atomic E-state index is 10.1. The SMILES string of the molecule is Cc1cc(C(C)(C)C)cc(C)c1N1c2ccccc2C2(c3ccccc3C(=C(C#N)C#N)c3ccccc32)c2ccccc21. The van der Waals surface area contributed by atoms with E-state index >= 15 is 0 Å². The monoisotopic (exact) mass is 567 g/mol. The number of hydrogen-bond donors (Lipinski definition) is 0. The van der Waals surface area contributed by atoms with Gasteiger partial charge < -0.3 is 4.90 Å². The van der Waals surface area contributed by atoms with E-state index in [4.69, 9.17) is 0 Å². The van der Waals surface area contributed by atoms with Crippen molar-refractivity contribution < 1.29 is 0 Å². The number of aryl methyl sites for hydroxylation is 2. The van der Waals surface area contributed by atoms with Crippen molar-refractivity contribution in [2.24, 2.45) is 0 Å². The number of rotatable bonds is 1. The Bertz CT molecular complexity index is 1970. The summed E-state index contributed by atoms with van der Waals surface area (Å²) >= 11 is 0. The van der Waals surface area contributed by atoms with Crippen LogP contribution in [0.1, 0.15) is 70.8 Å². The quantitative estimate of drug-likeness (QED) is 0.186. The van der Waals surface area contributed by atoms with Crippen LogP contribution in [0.3, 0.4) is 0 Å². The Labute approximate surface area is 260 Å². The normalized spacial score (nSPS) is 14.1. The first-order valence-corrected chi connectivity index (χ1v) is 15.1. The molecule has 212 valence electrons. The average Bonchev–Trinajstić information content (AvgIpc) is 3.03. The minimum atomic E-state index is -0.663. The van der Waals surface area contributed by atoms with Gasteiger partial charge in [-0.2, -0.15) is 10.5 Å². The molecule has 0 saturated heterocycles. The zero-order chi connectivity index (χ0) is 30.8. The van der Waals surface area contributed by atoms with E-state index in [1.165, 1.54) is 33.5 Å². The van der Waals surface area contributed by atoms with Gasteiger partial charge in [-0.25, -0.2) is 0 Å². The summed E-state index contributed by atoms with van der Waals surface area (Å²) in [5, 5.41) is 20.2. The number of allylic oxidation sites excluding steroid dienone is 1. The molecule has 0 aromatic heterocycles. The van der Waals surface area contributed by atoms with E-state index < -0.39 is 5.41 Å². The molecule has 2 aliphatic rings. The van der Waals surface area contributed by atoms with Crippen LogP contribution in [0.15, 0.2) is 115 Å². The van der Waals surface area contributed by atoms with Crippen LogP contribution in [0.2, 0.25) is 0 Å². The smallest absolute Gasteiger partial charge is 0.138 e. The maximum absolute atomic E-state index is 10.1. The average molecular weight is 568 g/mol. The molecule has 0 unspecified atom stereocenters. The highest BCUT2D eigenvalue weighted by Crippen LogP contribution is 2.62. The van der Waals surface area contributed by atoms with E-state index in [0.29, 0.717) is 5.57 Å². The van der Waals surface area contributed by atoms with Crippen LogP contribution >= 0.6 is 0 Å². The summed E-state index contributed by atoms with van der Waals surface area (Å²) in [6.45, 7) is 11.2. The first-order chi connectivity index (χ1) is 21.2. The van der Waals surface area contributed by atoms with E-state index in [2.05, 4.69) is 149 Å². The molecule has 1 heterocycles. The van der Waals surface area contributed by atoms with Crippen molar-refractivity contribution in [2.75, 3.05) is 4.90 Å². The highest BCUT2D eigenvalue weighted by Gasteiger charge is 2.51. The van der Waals surface area contributed by atoms with Gasteiger partial charge in [-0.05, 0) is 81.5 Å². The summed E-state index contributed by atoms with van der Waals surface area (Å²) in [5.74, 6) is 0. The largest absolute Gasteiger partial charge is 0.309 e. The summed E-state index contributed by atoms with van der Waals surface area (Å²) in [4.78, 5) is 2.44. The Morgan fingerprint density at radius 1 is 0.614 bits per heavy atom. The molecule has 5 aromatic rings. The molecule has 0 radical (unpaired) electrons. The van der Waals surface area contributed by atoms with Crippen LogP contribution in [0.5, 0.6) is 0 Å². The lowest BCUT2D eigenvalue weighted by molar-refractivity contribution is 0.589. The van der Waals surface area contributed by atoms with E-state index in [1.54, 1.807) is 0 Å². The van der Waals surface area contributed by atoms with Crippen molar-refractivity contribution in [3.63, 3.8) is 0 Å². The van der Waals surface area contributed by atoms with Crippen LogP contribution in [0.25, 0.3) is 5.57 Å². The van der Waals surface area contributed by atoms with Gasteiger partial charge in [0.2, 0.25) is 0 Å². The predicted octanol–water partition coefficient (Wildman–Crippen LogP) is 9.93. The molecule has 0 atom stereocenters. The Morgan fingerprint density at radius 3 is 1.45 bits per heavy atom. The fourth-order valence-electron chi connectivity index (χ4n) is 7.56. The van der Waals surface area contributed by atoms with Crippen LogP contribution in [0, 0.1) is 36.5 Å². The number of para-hydroxylation sites is 2. The maximum Gasteiger partial charge on any atom is 0.138 e. The summed E-state index contributed by atoms with van der Waals surface area (Å²) in [7, 11) is 0. The molecular weight excluding hydrogens is 534 g/mol. The number of nitriles is 2. The van der Waals surface area contributed by atoms with Crippen LogP contribution in [-0.4, -0.2) is 0 Å². The Morgan fingerprint density at radius 2 is 1.02 bits per heavy atom. The predicted molar refractivity (Wildman–Crippen MR) is 178 cm³/mol. The zero-order valence-electron chi connectivity index (χ0n) is 25.7. The molecule has 1 aliphatic carbocycles. The van der Waals surface area contributed by atoms with Crippen LogP contribution < -0.4 is 4.90 Å². The highest BCUT2D eigenvalue weighted by molar-refractivity contribution is 5.99. The van der Waals surface area contributed by atoms with E-state index in [1.807, 2.05) is 12.1 Å². The first kappa shape index (κ1) is 27.5. The minimum absolute atomic E-state index is 0.0439. The van der Waals surface area contributed by atoms with Crippen molar-refractivity contribution in [3.8, 4) is 12.1 Å². The van der Waals surface area contributed by atoms with Gasteiger partial charge in [-0.15, -0.1) is 0 Å². The topological polar surface area (TPSA) is 50.8 Å². The fraction of sp³-hybridized carbons (Fsp3) is 0.171. The van der Waals surface area contributed by atoms with E-state index in [0.717, 1.165) is 33.6 Å². The summed E-state index contributed by atoms with van der Waals surface area (Å²) in [6, 6.07) is 43.2. The molecule has 1 spiro atoms. The lowest BCUT2D eigenvalue weighted by Gasteiger charge is -2.50. The molecule has 7 rings (SSSR count). The second kappa shape index (κ2) is 9.84. The van der Waals surface area contributed by atoms with Crippen molar-refractivity contribution in [2.45, 2.75) is 45.4 Å². The minimum Gasteiger partial charge on any atom is -0.309 e. The van der Waals surface area contributed by atoms with Gasteiger partial charge >= 0.3 is 0 Å². The third-order valence-corrected chi connectivity index (χ3v) is 9.35. The number of anilines is 3. The first-order valence-electron chi connectivity index (χ1n) is 15.1. The molecule has 3 nitrogen and oxygen atoms in total. The second-order valence-corrected chi connectivity index (χ2v) is 12.9. The third kappa shape index (κ3) is 3.66. The summed E-state index contributed by atoms with van der Waals surface area (Å²) < 4.78 is 0. The highest BCUT2D eigenvalue weighted by atomic mass is 15.2. The van der Waals surface area contributed by atoms with Crippen LogP contribution in [0.4, 0.5) is 17.1 Å². The lowest BCUT2D eigenvalue weighted by atomic mass is 9.56. The van der Waals surface area contributed by atoms with Gasteiger partial charge in [0.1, 0.15) is 17.7 Å². The molecule has 0 saturated carbocycles. The van der Waals surface area contributed by atoms with E-state index in [9.17, 15) is 10.5 Å². The second-order valence-electron chi connectivity index (χ2n) is 12.9. The van der Waals surface area contributed by atoms with Gasteiger partial charge in [0.25, 0.3) is 0 Å². The number of benzene rings is 5. The van der Waals surface area contributed by atoms with Gasteiger partial charge in [-0.3, -0.25) is 0 Å². The van der Waals surface area contributed by atoms with Crippen molar-refractivity contribution in [1.29, 1.82) is 10.5 Å². The Hall–Kier alpha value is -5.38. The number of hydrogen-bond acceptors (Lipinski definition) is 3.